The van der Waals surface area contributed by atoms with E-state index in [1.54, 1.807) is 14.7 Å². The number of aryl methyl sites for hydroxylation is 1. The molecule has 1 unspecified atom stereocenters. The quantitative estimate of drug-likeness (QED) is 0.0446. The van der Waals surface area contributed by atoms with Crippen molar-refractivity contribution >= 4 is 59.8 Å². The number of carboxylic acid groups (broad SMARTS) is 7. The number of carbonyl (C=O) groups excluding carboxylic acids is 2. The van der Waals surface area contributed by atoms with Gasteiger partial charge in [-0.15, -0.1) is 0 Å². The van der Waals surface area contributed by atoms with Gasteiger partial charge in [-0.2, -0.15) is 9.97 Å². The van der Waals surface area contributed by atoms with Crippen LogP contribution >= 0.6 is 0 Å². The van der Waals surface area contributed by atoms with Gasteiger partial charge in [-0.1, -0.05) is 49.9 Å². The number of hydrogen-bond acceptors (Lipinski definition) is 17. The van der Waals surface area contributed by atoms with Crippen LogP contribution in [0.2, 0.25) is 0 Å². The van der Waals surface area contributed by atoms with E-state index in [-0.39, 0.29) is 121 Å². The van der Waals surface area contributed by atoms with Crippen LogP contribution in [0.4, 0.5) is 15.5 Å². The number of unbranched alkanes of at least 4 members (excludes halogenated alkanes) is 6. The molecule has 0 saturated carbocycles. The number of aromatic nitrogens is 3. The molecule has 1 aromatic carbocycles. The zero-order valence-electron chi connectivity index (χ0n) is 44.9. The van der Waals surface area contributed by atoms with Crippen LogP contribution in [0, 0.1) is 36.9 Å². The monoisotopic (exact) mass is 1290 g/mol. The first-order chi connectivity index (χ1) is 37.7. The molecule has 1 radical (unpaired) electrons. The van der Waals surface area contributed by atoms with Gasteiger partial charge >= 0.3 is 47.9 Å². The average Bonchev–Trinajstić information content (AvgIpc) is 3.40. The number of carboxylic acids is 6. The Hall–Kier alpha value is -6.07. The minimum atomic E-state index is -1.50. The molecule has 2 saturated heterocycles. The van der Waals surface area contributed by atoms with Crippen LogP contribution in [0.15, 0.2) is 24.3 Å². The predicted octanol–water partition coefficient (Wildman–Crippen LogP) is 0.567. The van der Waals surface area contributed by atoms with Gasteiger partial charge in [0, 0.05) is 147 Å². The maximum absolute atomic E-state index is 12.5. The van der Waals surface area contributed by atoms with E-state index in [1.807, 2.05) is 24.3 Å². The number of amides is 4. The fourth-order valence-electron chi connectivity index (χ4n) is 9.24. The second kappa shape index (κ2) is 37.0. The molecule has 0 spiro atoms. The molecule has 0 bridgehead atoms. The van der Waals surface area contributed by atoms with E-state index < -0.39 is 79.0 Å². The summed E-state index contributed by atoms with van der Waals surface area (Å²) in [5, 5.41) is 77.3. The van der Waals surface area contributed by atoms with Crippen LogP contribution in [0.1, 0.15) is 99.8 Å². The second-order valence-corrected chi connectivity index (χ2v) is 19.8. The van der Waals surface area contributed by atoms with Gasteiger partial charge in [-0.25, -0.2) is 24.2 Å². The summed E-state index contributed by atoms with van der Waals surface area (Å²) in [5.74, 6) is -5.57. The Balaban J connectivity index is 0.0000168. The SMILES string of the molecule is O=C(O)CC[C@H](NC(=O)N[C@@H](CCCCNC(=O)CCCCCCCCc1nc(Cc2ccc(CC3CN(C(=O)O)CCN(CC(=O)O)CCN(CC(=O)O)CCN3CC(=O)O)cc2)nc(N2CCNCC2)n1)C(=O)O)C(=O)O.[Lu]. The zero-order valence-corrected chi connectivity index (χ0v) is 46.6. The second-order valence-electron chi connectivity index (χ2n) is 19.8. The van der Waals surface area contributed by atoms with Gasteiger partial charge in [0.15, 0.2) is 0 Å². The number of aliphatic carboxylic acids is 6. The molecule has 4 amide bonds. The molecule has 1 aromatic heterocycles. The van der Waals surface area contributed by atoms with E-state index in [4.69, 9.17) is 20.1 Å². The molecule has 2 aliphatic rings. The number of carbonyl (C=O) groups is 9. The average molecular weight is 1290 g/mol. The van der Waals surface area contributed by atoms with Crippen molar-refractivity contribution in [1.82, 2.24) is 55.8 Å². The fraction of sp³-hybridized carbons (Fsp3) is 0.647. The number of hydrogen-bond donors (Lipinski definition) is 11. The summed E-state index contributed by atoms with van der Waals surface area (Å²) >= 11 is 0. The summed E-state index contributed by atoms with van der Waals surface area (Å²) in [6, 6.07) is 3.18. The number of anilines is 1. The van der Waals surface area contributed by atoms with Gasteiger partial charge in [0.1, 0.15) is 23.7 Å². The largest absolute Gasteiger partial charge is 0.481 e. The van der Waals surface area contributed by atoms with Crippen molar-refractivity contribution in [2.24, 2.45) is 0 Å². The van der Waals surface area contributed by atoms with Crippen molar-refractivity contribution in [2.75, 3.05) is 103 Å². The zero-order chi connectivity index (χ0) is 57.7. The predicted molar refractivity (Wildman–Crippen MR) is 283 cm³/mol. The first-order valence-electron chi connectivity index (χ1n) is 26.8. The first-order valence-corrected chi connectivity index (χ1v) is 26.8. The molecular formula is C51H78LuN12O16. The molecule has 28 nitrogen and oxygen atoms in total. The third-order valence-electron chi connectivity index (χ3n) is 13.5. The molecule has 3 heterocycles. The van der Waals surface area contributed by atoms with Crippen molar-refractivity contribution in [3.63, 3.8) is 0 Å². The van der Waals surface area contributed by atoms with E-state index in [0.29, 0.717) is 62.7 Å². The van der Waals surface area contributed by atoms with Crippen molar-refractivity contribution in [3.05, 3.63) is 47.0 Å². The minimum absolute atomic E-state index is 0. The number of benzene rings is 1. The van der Waals surface area contributed by atoms with Crippen molar-refractivity contribution < 1.29 is 116 Å². The Labute approximate surface area is 493 Å². The number of urea groups is 1. The number of piperazine rings is 1. The first kappa shape index (κ1) is 68.2. The molecule has 2 aliphatic heterocycles. The van der Waals surface area contributed by atoms with E-state index in [1.165, 1.54) is 4.90 Å². The van der Waals surface area contributed by atoms with Crippen LogP contribution in [-0.2, 0) is 52.8 Å². The van der Waals surface area contributed by atoms with E-state index in [0.717, 1.165) is 69.4 Å². The topological polar surface area (TPSA) is 398 Å². The van der Waals surface area contributed by atoms with Crippen LogP contribution in [0.5, 0.6) is 0 Å². The molecule has 0 aliphatic carbocycles. The van der Waals surface area contributed by atoms with Gasteiger partial charge < -0.3 is 66.8 Å². The van der Waals surface area contributed by atoms with Gasteiger partial charge in [-0.3, -0.25) is 38.7 Å². The summed E-state index contributed by atoms with van der Waals surface area (Å²) in [6.07, 6.45) is 5.55. The summed E-state index contributed by atoms with van der Waals surface area (Å²) in [6.45, 7) is 2.82. The molecule has 11 N–H and O–H groups in total. The Morgan fingerprint density at radius 1 is 0.575 bits per heavy atom. The third-order valence-corrected chi connectivity index (χ3v) is 13.5. The number of nitrogens with one attached hydrogen (secondary N) is 4. The van der Waals surface area contributed by atoms with Crippen LogP contribution in [-0.4, -0.2) is 240 Å². The third kappa shape index (κ3) is 27.4. The van der Waals surface area contributed by atoms with Gasteiger partial charge in [-0.05, 0) is 56.1 Å². The van der Waals surface area contributed by atoms with Crippen LogP contribution in [0.25, 0.3) is 0 Å². The normalized spacial score (nSPS) is 16.6. The van der Waals surface area contributed by atoms with Crippen molar-refractivity contribution in [2.45, 2.75) is 114 Å². The molecule has 2 aromatic rings. The van der Waals surface area contributed by atoms with Crippen molar-refractivity contribution in [1.29, 1.82) is 0 Å². The molecule has 29 heteroatoms. The summed E-state index contributed by atoms with van der Waals surface area (Å²) < 4.78 is 0. The van der Waals surface area contributed by atoms with E-state index in [2.05, 4.69) is 26.2 Å². The summed E-state index contributed by atoms with van der Waals surface area (Å²) in [4.78, 5) is 129. The standard InChI is InChI=1S/C51H78N12O16.Lu/c64-42(53-18-8-7-9-38(47(73)74)54-50(77)55-39(48(75)76)16-17-43(65)66)11-6-4-2-1-3-5-10-40-56-41(58-49(57-40)61-21-19-52-20-22-61)30-36-14-12-35(13-15-36)29-37-31-63(51(78)79)28-26-60(33-45(69)70)24-23-59(32-44(67)68)25-27-62(37)34-46(71)72;/h12-15,37-39,52H,1-11,16-34H2,(H,53,64)(H,65,66)(H,67,68)(H,69,70)(H,71,72)(H,73,74)(H,75,76)(H,78,79)(H2,54,55,77);/t37?,38-,39-;/m0./s1. The minimum Gasteiger partial charge on any atom is -0.481 e. The van der Waals surface area contributed by atoms with Crippen molar-refractivity contribution in [3.8, 4) is 0 Å². The molecule has 4 rings (SSSR count). The van der Waals surface area contributed by atoms with Gasteiger partial charge in [0.05, 0.1) is 19.6 Å². The Morgan fingerprint density at radius 2 is 1.12 bits per heavy atom. The van der Waals surface area contributed by atoms with Crippen LogP contribution in [0.3, 0.4) is 0 Å². The molecule has 2 fully saturated rings. The maximum Gasteiger partial charge on any atom is 0.407 e. The molecule has 80 heavy (non-hydrogen) atoms. The molecular weight excluding hydrogens is 1210 g/mol. The Kier molecular flexibility index (Phi) is 31.6. The molecule has 453 valence electrons. The van der Waals surface area contributed by atoms with Gasteiger partial charge in [0.25, 0.3) is 0 Å². The fourth-order valence-corrected chi connectivity index (χ4v) is 9.24. The smallest absolute Gasteiger partial charge is 0.407 e. The van der Waals surface area contributed by atoms with Gasteiger partial charge in [0.2, 0.25) is 11.9 Å². The summed E-state index contributed by atoms with van der Waals surface area (Å²) in [7, 11) is 0. The maximum atomic E-state index is 12.5. The number of nitrogens with zero attached hydrogens (tertiary/aromatic N) is 8. The Bertz CT molecular complexity index is 2330. The van der Waals surface area contributed by atoms with Crippen LogP contribution < -0.4 is 26.2 Å². The Morgan fingerprint density at radius 3 is 1.71 bits per heavy atom. The van der Waals surface area contributed by atoms with E-state index in [9.17, 15) is 73.8 Å². The summed E-state index contributed by atoms with van der Waals surface area (Å²) in [5.41, 5.74) is 1.72. The number of rotatable bonds is 32. The van der Waals surface area contributed by atoms with E-state index >= 15 is 0 Å². The molecule has 3 atom stereocenters.